The maximum atomic E-state index is 13.3. The van der Waals surface area contributed by atoms with Gasteiger partial charge in [0.25, 0.3) is 0 Å². The molecular formula is C63H107NO13. The number of unbranched alkanes of at least 4 members (excludes halogenated alkanes) is 19. The molecule has 12 unspecified atom stereocenters. The maximum absolute atomic E-state index is 13.3. The van der Waals surface area contributed by atoms with Crippen molar-refractivity contribution >= 4 is 5.91 Å². The minimum Gasteiger partial charge on any atom is -0.394 e. The first-order valence-corrected chi connectivity index (χ1v) is 30.0. The van der Waals surface area contributed by atoms with E-state index >= 15 is 0 Å². The van der Waals surface area contributed by atoms with E-state index in [1.165, 1.54) is 83.5 Å². The Morgan fingerprint density at radius 2 is 0.909 bits per heavy atom. The quantitative estimate of drug-likeness (QED) is 0.0205. The van der Waals surface area contributed by atoms with Gasteiger partial charge < -0.3 is 65.1 Å². The molecule has 0 saturated carbocycles. The molecule has 1 amide bonds. The van der Waals surface area contributed by atoms with E-state index in [-0.39, 0.29) is 18.9 Å². The largest absolute Gasteiger partial charge is 0.394 e. The molecule has 0 spiro atoms. The van der Waals surface area contributed by atoms with Gasteiger partial charge in [0.05, 0.1) is 32.0 Å². The molecule has 0 radical (unpaired) electrons. The lowest BCUT2D eigenvalue weighted by molar-refractivity contribution is -0.359. The zero-order valence-corrected chi connectivity index (χ0v) is 47.4. The van der Waals surface area contributed by atoms with E-state index in [1.807, 2.05) is 6.08 Å². The Bertz CT molecular complexity index is 1660. The molecule has 2 heterocycles. The van der Waals surface area contributed by atoms with Gasteiger partial charge in [-0.1, -0.05) is 201 Å². The lowest BCUT2D eigenvalue weighted by atomic mass is 9.97. The Balaban J connectivity index is 1.75. The molecule has 442 valence electrons. The highest BCUT2D eigenvalue weighted by atomic mass is 16.7. The number of hydrogen-bond acceptors (Lipinski definition) is 13. The average molecular weight is 1090 g/mol. The van der Waals surface area contributed by atoms with E-state index in [1.54, 1.807) is 6.08 Å². The third-order valence-electron chi connectivity index (χ3n) is 14.0. The summed E-state index contributed by atoms with van der Waals surface area (Å²) in [5.41, 5.74) is 0. The normalized spacial score (nSPS) is 25.4. The van der Waals surface area contributed by atoms with Crippen LogP contribution in [0, 0.1) is 0 Å². The summed E-state index contributed by atoms with van der Waals surface area (Å²) in [6, 6.07) is -0.945. The first-order chi connectivity index (χ1) is 37.6. The van der Waals surface area contributed by atoms with Crippen molar-refractivity contribution in [3.63, 3.8) is 0 Å². The van der Waals surface area contributed by atoms with Gasteiger partial charge in [-0.25, -0.2) is 0 Å². The van der Waals surface area contributed by atoms with Gasteiger partial charge in [0.15, 0.2) is 12.6 Å². The van der Waals surface area contributed by atoms with Crippen LogP contribution in [0.5, 0.6) is 0 Å². The summed E-state index contributed by atoms with van der Waals surface area (Å²) >= 11 is 0. The number of carbonyl (C=O) groups is 1. The van der Waals surface area contributed by atoms with E-state index in [4.69, 9.17) is 18.9 Å². The second-order valence-electron chi connectivity index (χ2n) is 20.7. The smallest absolute Gasteiger partial charge is 0.220 e. The van der Waals surface area contributed by atoms with Gasteiger partial charge in [-0.2, -0.15) is 0 Å². The summed E-state index contributed by atoms with van der Waals surface area (Å²) in [6.07, 6.45) is 48.7. The number of hydrogen-bond donors (Lipinski definition) is 9. The molecule has 2 rings (SSSR count). The third kappa shape index (κ3) is 33.3. The number of rotatable bonds is 46. The second-order valence-corrected chi connectivity index (χ2v) is 20.7. The van der Waals surface area contributed by atoms with Crippen molar-refractivity contribution in [2.24, 2.45) is 0 Å². The SMILES string of the molecule is CC/C=C\C/C=C\C/C=C\C/C=C\C/C=C\CCCCCCCCCCCCCC(=O)NC(COC1OC(CO)C(OC2OC(CO)C(O)C(O)C2O)C(O)C1O)C(O)/C=C/CC/C=C/CC/C=C/CCCCCCCC. The number of aliphatic hydroxyl groups excluding tert-OH is 8. The summed E-state index contributed by atoms with van der Waals surface area (Å²) in [6.45, 7) is 2.63. The topological polar surface area (TPSA) is 228 Å². The van der Waals surface area contributed by atoms with Gasteiger partial charge in [0.2, 0.25) is 5.91 Å². The summed E-state index contributed by atoms with van der Waals surface area (Å²) in [4.78, 5) is 13.3. The number of nitrogens with one attached hydrogen (secondary N) is 1. The molecule has 2 saturated heterocycles. The molecule has 0 aromatic rings. The molecule has 0 aliphatic carbocycles. The lowest BCUT2D eigenvalue weighted by Gasteiger charge is -2.46. The van der Waals surface area contributed by atoms with Crippen LogP contribution in [0.25, 0.3) is 0 Å². The molecule has 12 atom stereocenters. The van der Waals surface area contributed by atoms with Gasteiger partial charge in [-0.15, -0.1) is 0 Å². The Morgan fingerprint density at radius 3 is 1.43 bits per heavy atom. The standard InChI is InChI=1S/C63H107NO13/c1-3-5-7-9-11-13-15-17-19-21-22-23-24-25-26-27-28-29-30-31-33-35-37-39-41-43-45-47-55(68)64-51(52(67)46-44-42-40-38-36-34-32-20-18-16-14-12-10-8-6-4-2)50-74-62-60(73)58(71)61(54(49-66)76-62)77-63-59(72)57(70)56(69)53(48-65)75-63/h5,7,11,13,17-20,22-23,25-26,36,38,44,46,51-54,56-63,65-67,69-73H,3-4,6,8-10,12,14-16,21,24,27-35,37,39-43,45,47-50H2,1-2H3,(H,64,68)/b7-5-,13-11-,19-17-,20-18+,23-22-,26-25-,38-36+,46-44+. The van der Waals surface area contributed by atoms with Gasteiger partial charge in [0, 0.05) is 6.42 Å². The maximum Gasteiger partial charge on any atom is 0.220 e. The fourth-order valence-corrected chi connectivity index (χ4v) is 9.17. The number of carbonyl (C=O) groups excluding carboxylic acids is 1. The van der Waals surface area contributed by atoms with Crippen LogP contribution in [0.2, 0.25) is 0 Å². The molecule has 14 nitrogen and oxygen atoms in total. The molecule has 14 heteroatoms. The second kappa shape index (κ2) is 47.7. The molecule has 77 heavy (non-hydrogen) atoms. The van der Waals surface area contributed by atoms with Crippen LogP contribution < -0.4 is 5.32 Å². The van der Waals surface area contributed by atoms with Crippen molar-refractivity contribution in [3.8, 4) is 0 Å². The van der Waals surface area contributed by atoms with E-state index in [2.05, 4.69) is 104 Å². The molecule has 2 fully saturated rings. The molecule has 0 aromatic heterocycles. The van der Waals surface area contributed by atoms with Gasteiger partial charge in [-0.3, -0.25) is 4.79 Å². The van der Waals surface area contributed by atoms with E-state index in [0.717, 1.165) is 83.5 Å². The van der Waals surface area contributed by atoms with Crippen LogP contribution in [0.1, 0.15) is 200 Å². The molecule has 9 N–H and O–H groups in total. The molecule has 0 bridgehead atoms. The van der Waals surface area contributed by atoms with Crippen molar-refractivity contribution in [2.75, 3.05) is 19.8 Å². The molecule has 2 aliphatic heterocycles. The fraction of sp³-hybridized carbons (Fsp3) is 0.730. The monoisotopic (exact) mass is 1090 g/mol. The predicted octanol–water partition coefficient (Wildman–Crippen LogP) is 10.3. The zero-order chi connectivity index (χ0) is 56.0. The fourth-order valence-electron chi connectivity index (χ4n) is 9.17. The van der Waals surface area contributed by atoms with Gasteiger partial charge >= 0.3 is 0 Å². The zero-order valence-electron chi connectivity index (χ0n) is 47.4. The van der Waals surface area contributed by atoms with Crippen molar-refractivity contribution in [1.29, 1.82) is 0 Å². The predicted molar refractivity (Wildman–Crippen MR) is 309 cm³/mol. The van der Waals surface area contributed by atoms with E-state index in [9.17, 15) is 45.6 Å². The first-order valence-electron chi connectivity index (χ1n) is 30.0. The van der Waals surface area contributed by atoms with E-state index in [0.29, 0.717) is 12.8 Å². The number of aliphatic hydroxyl groups is 8. The van der Waals surface area contributed by atoms with Crippen LogP contribution in [0.15, 0.2) is 97.2 Å². The summed E-state index contributed by atoms with van der Waals surface area (Å²) in [5.74, 6) is -0.261. The molecule has 0 aromatic carbocycles. The van der Waals surface area contributed by atoms with Crippen LogP contribution in [-0.2, 0) is 23.7 Å². The lowest BCUT2D eigenvalue weighted by Crippen LogP contribution is -2.65. The van der Waals surface area contributed by atoms with Crippen LogP contribution in [0.3, 0.4) is 0 Å². The van der Waals surface area contributed by atoms with Crippen molar-refractivity contribution in [3.05, 3.63) is 97.2 Å². The van der Waals surface area contributed by atoms with E-state index < -0.39 is 86.8 Å². The van der Waals surface area contributed by atoms with Crippen LogP contribution >= 0.6 is 0 Å². The van der Waals surface area contributed by atoms with Gasteiger partial charge in [0.1, 0.15) is 48.8 Å². The van der Waals surface area contributed by atoms with Crippen molar-refractivity contribution < 1.29 is 64.6 Å². The highest BCUT2D eigenvalue weighted by Crippen LogP contribution is 2.30. The first kappa shape index (κ1) is 70.0. The Labute approximate surface area is 464 Å². The van der Waals surface area contributed by atoms with Gasteiger partial charge in [-0.05, 0) is 89.9 Å². The van der Waals surface area contributed by atoms with Crippen molar-refractivity contribution in [1.82, 2.24) is 5.32 Å². The molecule has 2 aliphatic rings. The van der Waals surface area contributed by atoms with Crippen molar-refractivity contribution in [2.45, 2.75) is 274 Å². The highest BCUT2D eigenvalue weighted by molar-refractivity contribution is 5.76. The number of amides is 1. The highest BCUT2D eigenvalue weighted by Gasteiger charge is 2.51. The number of ether oxygens (including phenoxy) is 4. The summed E-state index contributed by atoms with van der Waals surface area (Å²) < 4.78 is 22.7. The van der Waals surface area contributed by atoms with Crippen LogP contribution in [-0.4, -0.2) is 140 Å². The average Bonchev–Trinajstić information content (AvgIpc) is 3.43. The summed E-state index contributed by atoms with van der Waals surface area (Å²) in [5, 5.41) is 87.0. The molecular weight excluding hydrogens is 979 g/mol. The van der Waals surface area contributed by atoms with Crippen LogP contribution in [0.4, 0.5) is 0 Å². The Kier molecular flexibility index (Phi) is 43.4. The number of allylic oxidation sites excluding steroid dienone is 15. The minimum atomic E-state index is -1.80. The Hall–Kier alpha value is -3.09. The minimum absolute atomic E-state index is 0.260. The third-order valence-corrected chi connectivity index (χ3v) is 14.0. The summed E-state index contributed by atoms with van der Waals surface area (Å²) in [7, 11) is 0. The Morgan fingerprint density at radius 1 is 0.481 bits per heavy atom.